The molecular formula is C21H32N4O2. The van der Waals surface area contributed by atoms with E-state index in [1.165, 1.54) is 25.8 Å². The van der Waals surface area contributed by atoms with Crippen molar-refractivity contribution in [2.75, 3.05) is 57.3 Å². The van der Waals surface area contributed by atoms with Crippen molar-refractivity contribution in [2.24, 2.45) is 5.92 Å². The summed E-state index contributed by atoms with van der Waals surface area (Å²) in [4.78, 5) is 19.4. The number of carbonyl (C=O) groups excluding carboxylic acids is 1. The van der Waals surface area contributed by atoms with Crippen LogP contribution in [-0.4, -0.2) is 74.3 Å². The van der Waals surface area contributed by atoms with Crippen molar-refractivity contribution in [1.29, 1.82) is 0 Å². The molecular weight excluding hydrogens is 340 g/mol. The zero-order chi connectivity index (χ0) is 18.6. The molecule has 1 N–H and O–H groups in total. The first kappa shape index (κ1) is 18.4. The van der Waals surface area contributed by atoms with E-state index in [4.69, 9.17) is 4.74 Å². The van der Waals surface area contributed by atoms with Crippen LogP contribution in [0.2, 0.25) is 0 Å². The van der Waals surface area contributed by atoms with Gasteiger partial charge in [0.2, 0.25) is 0 Å². The van der Waals surface area contributed by atoms with Gasteiger partial charge in [-0.2, -0.15) is 0 Å². The van der Waals surface area contributed by atoms with Gasteiger partial charge < -0.3 is 24.8 Å². The van der Waals surface area contributed by atoms with Crippen LogP contribution in [0.5, 0.6) is 5.75 Å². The predicted octanol–water partition coefficient (Wildman–Crippen LogP) is 2.40. The number of hydrogen-bond acceptors (Lipinski definition) is 4. The fourth-order valence-corrected chi connectivity index (χ4v) is 4.29. The van der Waals surface area contributed by atoms with E-state index in [1.54, 1.807) is 0 Å². The normalized spacial score (nSPS) is 23.5. The summed E-state index contributed by atoms with van der Waals surface area (Å²) < 4.78 is 5.75. The van der Waals surface area contributed by atoms with E-state index in [0.717, 1.165) is 56.7 Å². The Bertz CT molecular complexity index is 641. The van der Waals surface area contributed by atoms with Crippen molar-refractivity contribution in [3.05, 3.63) is 24.3 Å². The predicted molar refractivity (Wildman–Crippen MR) is 107 cm³/mol. The van der Waals surface area contributed by atoms with Gasteiger partial charge in [-0.3, -0.25) is 0 Å². The molecule has 27 heavy (non-hydrogen) atoms. The molecule has 4 rings (SSSR count). The molecule has 2 saturated heterocycles. The SMILES string of the molecule is CCOc1ccccc1N1CCN(C(=O)NC[C@H]2CCN(C3CC3)C2)CC1. The highest BCUT2D eigenvalue weighted by molar-refractivity contribution is 5.74. The molecule has 0 bridgehead atoms. The molecule has 6 heteroatoms. The summed E-state index contributed by atoms with van der Waals surface area (Å²) in [5.41, 5.74) is 1.13. The molecule has 1 saturated carbocycles. The van der Waals surface area contributed by atoms with Crippen molar-refractivity contribution in [3.8, 4) is 5.75 Å². The Morgan fingerprint density at radius 2 is 1.89 bits per heavy atom. The largest absolute Gasteiger partial charge is 0.492 e. The van der Waals surface area contributed by atoms with Crippen LogP contribution in [-0.2, 0) is 0 Å². The smallest absolute Gasteiger partial charge is 0.317 e. The number of para-hydroxylation sites is 2. The van der Waals surface area contributed by atoms with Crippen LogP contribution in [0, 0.1) is 5.92 Å². The number of ether oxygens (including phenoxy) is 1. The third kappa shape index (κ3) is 4.49. The Balaban J connectivity index is 1.22. The number of carbonyl (C=O) groups is 1. The minimum Gasteiger partial charge on any atom is -0.492 e. The van der Waals surface area contributed by atoms with Gasteiger partial charge in [-0.15, -0.1) is 0 Å². The van der Waals surface area contributed by atoms with Crippen molar-refractivity contribution >= 4 is 11.7 Å². The summed E-state index contributed by atoms with van der Waals surface area (Å²) in [5, 5.41) is 3.18. The van der Waals surface area contributed by atoms with Gasteiger partial charge in [0.15, 0.2) is 0 Å². The average molecular weight is 373 g/mol. The number of amides is 2. The number of rotatable bonds is 6. The Morgan fingerprint density at radius 1 is 1.11 bits per heavy atom. The number of piperazine rings is 1. The zero-order valence-corrected chi connectivity index (χ0v) is 16.4. The summed E-state index contributed by atoms with van der Waals surface area (Å²) in [5.74, 6) is 1.55. The van der Waals surface area contributed by atoms with E-state index in [9.17, 15) is 4.79 Å². The first-order valence-electron chi connectivity index (χ1n) is 10.5. The molecule has 2 amide bonds. The van der Waals surface area contributed by atoms with Gasteiger partial charge in [-0.05, 0) is 50.8 Å². The van der Waals surface area contributed by atoms with Crippen LogP contribution < -0.4 is 15.0 Å². The number of likely N-dealkylation sites (tertiary alicyclic amines) is 1. The van der Waals surface area contributed by atoms with Crippen molar-refractivity contribution < 1.29 is 9.53 Å². The lowest BCUT2D eigenvalue weighted by Crippen LogP contribution is -2.52. The van der Waals surface area contributed by atoms with Gasteiger partial charge in [-0.25, -0.2) is 4.79 Å². The fraction of sp³-hybridized carbons (Fsp3) is 0.667. The van der Waals surface area contributed by atoms with Gasteiger partial charge in [0, 0.05) is 45.3 Å². The molecule has 0 aromatic heterocycles. The van der Waals surface area contributed by atoms with Crippen LogP contribution in [0.25, 0.3) is 0 Å². The summed E-state index contributed by atoms with van der Waals surface area (Å²) in [6, 6.07) is 9.11. The van der Waals surface area contributed by atoms with Gasteiger partial charge in [0.1, 0.15) is 5.75 Å². The maximum atomic E-state index is 12.6. The minimum absolute atomic E-state index is 0.0950. The fourth-order valence-electron chi connectivity index (χ4n) is 4.29. The van der Waals surface area contributed by atoms with Gasteiger partial charge in [-0.1, -0.05) is 12.1 Å². The Morgan fingerprint density at radius 3 is 2.63 bits per heavy atom. The molecule has 6 nitrogen and oxygen atoms in total. The standard InChI is InChI=1S/C21H32N4O2/c1-2-27-20-6-4-3-5-19(20)23-11-13-24(14-12-23)21(26)22-15-17-9-10-25(16-17)18-7-8-18/h3-6,17-18H,2,7-16H2,1H3,(H,22,26)/t17-/m1/s1. The first-order chi connectivity index (χ1) is 13.2. The lowest BCUT2D eigenvalue weighted by molar-refractivity contribution is 0.192. The van der Waals surface area contributed by atoms with Gasteiger partial charge >= 0.3 is 6.03 Å². The monoisotopic (exact) mass is 372 g/mol. The van der Waals surface area contributed by atoms with E-state index < -0.39 is 0 Å². The maximum Gasteiger partial charge on any atom is 0.317 e. The van der Waals surface area contributed by atoms with Gasteiger partial charge in [0.25, 0.3) is 0 Å². The summed E-state index contributed by atoms with van der Waals surface area (Å²) in [7, 11) is 0. The molecule has 2 aliphatic heterocycles. The second-order valence-corrected chi connectivity index (χ2v) is 7.94. The lowest BCUT2D eigenvalue weighted by Gasteiger charge is -2.36. The number of hydrogen-bond donors (Lipinski definition) is 1. The number of benzene rings is 1. The number of urea groups is 1. The molecule has 1 aromatic rings. The maximum absolute atomic E-state index is 12.6. The van der Waals surface area contributed by atoms with Crippen LogP contribution in [0.15, 0.2) is 24.3 Å². The molecule has 1 aliphatic carbocycles. The molecule has 148 valence electrons. The van der Waals surface area contributed by atoms with E-state index in [0.29, 0.717) is 12.5 Å². The Kier molecular flexibility index (Phi) is 5.72. The van der Waals surface area contributed by atoms with Crippen LogP contribution in [0.4, 0.5) is 10.5 Å². The Labute approximate surface area is 162 Å². The third-order valence-electron chi connectivity index (χ3n) is 6.00. The van der Waals surface area contributed by atoms with E-state index >= 15 is 0 Å². The molecule has 0 unspecified atom stereocenters. The van der Waals surface area contributed by atoms with E-state index in [-0.39, 0.29) is 6.03 Å². The lowest BCUT2D eigenvalue weighted by atomic mass is 10.1. The van der Waals surface area contributed by atoms with Gasteiger partial charge in [0.05, 0.1) is 12.3 Å². The number of nitrogens with one attached hydrogen (secondary N) is 1. The molecule has 0 radical (unpaired) electrons. The quantitative estimate of drug-likeness (QED) is 0.833. The number of anilines is 1. The van der Waals surface area contributed by atoms with Crippen LogP contribution in [0.3, 0.4) is 0 Å². The molecule has 0 spiro atoms. The molecule has 1 aromatic carbocycles. The van der Waals surface area contributed by atoms with Crippen molar-refractivity contribution in [2.45, 2.75) is 32.2 Å². The van der Waals surface area contributed by atoms with Crippen molar-refractivity contribution in [1.82, 2.24) is 15.1 Å². The minimum atomic E-state index is 0.0950. The van der Waals surface area contributed by atoms with E-state index in [1.807, 2.05) is 30.0 Å². The molecule has 3 aliphatic rings. The second kappa shape index (κ2) is 8.38. The summed E-state index contributed by atoms with van der Waals surface area (Å²) in [6.45, 7) is 9.06. The highest BCUT2D eigenvalue weighted by Crippen LogP contribution is 2.31. The van der Waals surface area contributed by atoms with Crippen LogP contribution in [0.1, 0.15) is 26.2 Å². The molecule has 1 atom stereocenters. The van der Waals surface area contributed by atoms with Crippen molar-refractivity contribution in [3.63, 3.8) is 0 Å². The third-order valence-corrected chi connectivity index (χ3v) is 6.00. The molecule has 3 fully saturated rings. The topological polar surface area (TPSA) is 48.1 Å². The summed E-state index contributed by atoms with van der Waals surface area (Å²) in [6.07, 6.45) is 3.96. The first-order valence-corrected chi connectivity index (χ1v) is 10.5. The highest BCUT2D eigenvalue weighted by Gasteiger charge is 2.34. The zero-order valence-electron chi connectivity index (χ0n) is 16.4. The van der Waals surface area contributed by atoms with Crippen LogP contribution >= 0.6 is 0 Å². The van der Waals surface area contributed by atoms with E-state index in [2.05, 4.69) is 21.2 Å². The highest BCUT2D eigenvalue weighted by atomic mass is 16.5. The average Bonchev–Trinajstić information content (AvgIpc) is 3.45. The number of nitrogens with zero attached hydrogens (tertiary/aromatic N) is 3. The molecule has 2 heterocycles. The summed E-state index contributed by atoms with van der Waals surface area (Å²) >= 11 is 0. The Hall–Kier alpha value is -1.95. The second-order valence-electron chi connectivity index (χ2n) is 7.94.